The summed E-state index contributed by atoms with van der Waals surface area (Å²) >= 11 is 0. The number of Topliss-reactive ketones (excluding diaryl/α,β-unsaturated/α-hetero) is 1. The van der Waals surface area contributed by atoms with Crippen molar-refractivity contribution in [1.29, 1.82) is 0 Å². The third-order valence-electron chi connectivity index (χ3n) is 7.76. The van der Waals surface area contributed by atoms with Gasteiger partial charge in [-0.2, -0.15) is 0 Å². The number of imide groups is 1. The first kappa shape index (κ1) is 27.1. The number of amides is 5. The van der Waals surface area contributed by atoms with E-state index >= 15 is 0 Å². The number of rotatable bonds is 9. The van der Waals surface area contributed by atoms with Gasteiger partial charge in [-0.3, -0.25) is 14.5 Å². The molecule has 2 N–H and O–H groups in total. The lowest BCUT2D eigenvalue weighted by Gasteiger charge is -2.48. The largest absolute Gasteiger partial charge is 0.383 e. The van der Waals surface area contributed by atoms with Gasteiger partial charge >= 0.3 is 12.1 Å². The monoisotopic (exact) mass is 513 g/mol. The Morgan fingerprint density at radius 1 is 1.05 bits per heavy atom. The second kappa shape index (κ2) is 12.5. The van der Waals surface area contributed by atoms with Crippen LogP contribution in [-0.4, -0.2) is 97.0 Å². The Morgan fingerprint density at radius 2 is 1.84 bits per heavy atom. The minimum absolute atomic E-state index is 0.0735. The van der Waals surface area contributed by atoms with Gasteiger partial charge in [0.05, 0.1) is 19.1 Å². The quantitative estimate of drug-likeness (QED) is 0.491. The fourth-order valence-corrected chi connectivity index (χ4v) is 5.77. The molecule has 1 saturated carbocycles. The summed E-state index contributed by atoms with van der Waals surface area (Å²) < 4.78 is 5.16. The van der Waals surface area contributed by atoms with Crippen molar-refractivity contribution in [3.05, 3.63) is 29.8 Å². The van der Waals surface area contributed by atoms with Crippen molar-refractivity contribution in [1.82, 2.24) is 20.0 Å². The molecule has 0 spiro atoms. The Morgan fingerprint density at radius 3 is 2.57 bits per heavy atom. The van der Waals surface area contributed by atoms with Crippen molar-refractivity contribution < 1.29 is 23.9 Å². The summed E-state index contributed by atoms with van der Waals surface area (Å²) in [5.74, 6) is -0.617. The molecule has 2 heterocycles. The van der Waals surface area contributed by atoms with Gasteiger partial charge in [-0.25, -0.2) is 9.59 Å². The first-order valence-corrected chi connectivity index (χ1v) is 13.4. The number of nitrogens with zero attached hydrogens (tertiary/aromatic N) is 3. The highest BCUT2D eigenvalue weighted by molar-refractivity contribution is 5.99. The molecule has 0 radical (unpaired) electrons. The van der Waals surface area contributed by atoms with Gasteiger partial charge in [0.25, 0.3) is 0 Å². The number of carbonyl (C=O) groups excluding carboxylic acids is 4. The van der Waals surface area contributed by atoms with Crippen LogP contribution in [0.15, 0.2) is 24.3 Å². The van der Waals surface area contributed by atoms with Crippen molar-refractivity contribution in [2.75, 3.05) is 51.8 Å². The van der Waals surface area contributed by atoms with E-state index in [2.05, 4.69) is 15.5 Å². The molecule has 4 rings (SSSR count). The molecule has 3 aliphatic rings. The first-order chi connectivity index (χ1) is 17.9. The lowest BCUT2D eigenvalue weighted by molar-refractivity contribution is -0.141. The second-order valence-electron chi connectivity index (χ2n) is 10.3. The van der Waals surface area contributed by atoms with Gasteiger partial charge in [-0.1, -0.05) is 18.6 Å². The van der Waals surface area contributed by atoms with Crippen LogP contribution in [0, 0.1) is 5.92 Å². The molecular weight excluding hydrogens is 474 g/mol. The fourth-order valence-electron chi connectivity index (χ4n) is 5.77. The number of hydrogen-bond acceptors (Lipinski definition) is 6. The van der Waals surface area contributed by atoms with Crippen LogP contribution in [0.4, 0.5) is 15.3 Å². The van der Waals surface area contributed by atoms with E-state index in [1.165, 1.54) is 31.1 Å². The molecule has 3 unspecified atom stereocenters. The summed E-state index contributed by atoms with van der Waals surface area (Å²) in [6, 6.07) is 5.85. The predicted molar refractivity (Wildman–Crippen MR) is 139 cm³/mol. The minimum Gasteiger partial charge on any atom is -0.383 e. The number of methoxy groups -OCH3 is 1. The standard InChI is InChI=1S/C27H39N5O5/c1-19(33)20-7-6-8-21(17-20)28-26(35)29-22-9-10-24-23(18-22)25(34)32(15-16-37-2)27(36)31(24)14-13-30-11-4-3-5-12-30/h6-8,17,22-24H,3-5,9-16,18H2,1-2H3,(H2,28,29,35). The molecule has 0 aromatic heterocycles. The zero-order chi connectivity index (χ0) is 26.4. The number of piperidine rings is 1. The van der Waals surface area contributed by atoms with Crippen molar-refractivity contribution >= 4 is 29.4 Å². The van der Waals surface area contributed by atoms with E-state index in [1.54, 1.807) is 31.4 Å². The van der Waals surface area contributed by atoms with Crippen LogP contribution in [0.2, 0.25) is 0 Å². The van der Waals surface area contributed by atoms with E-state index in [0.29, 0.717) is 37.1 Å². The third kappa shape index (κ3) is 6.67. The van der Waals surface area contributed by atoms with Gasteiger partial charge < -0.3 is 25.2 Å². The van der Waals surface area contributed by atoms with Gasteiger partial charge in [0.2, 0.25) is 5.91 Å². The molecule has 5 amide bonds. The van der Waals surface area contributed by atoms with Crippen LogP contribution in [0.25, 0.3) is 0 Å². The topological polar surface area (TPSA) is 111 Å². The van der Waals surface area contributed by atoms with Gasteiger partial charge in [-0.15, -0.1) is 0 Å². The van der Waals surface area contributed by atoms with Crippen molar-refractivity contribution in [3.63, 3.8) is 0 Å². The zero-order valence-electron chi connectivity index (χ0n) is 21.9. The molecule has 202 valence electrons. The second-order valence-corrected chi connectivity index (χ2v) is 10.3. The average molecular weight is 514 g/mol. The zero-order valence-corrected chi connectivity index (χ0v) is 21.9. The van der Waals surface area contributed by atoms with Crippen LogP contribution in [0.5, 0.6) is 0 Å². The molecule has 1 aromatic carbocycles. The van der Waals surface area contributed by atoms with E-state index in [0.717, 1.165) is 19.6 Å². The number of likely N-dealkylation sites (tertiary alicyclic amines) is 1. The number of fused-ring (bicyclic) bond motifs is 1. The number of anilines is 1. The van der Waals surface area contributed by atoms with Gasteiger partial charge in [-0.05, 0) is 64.3 Å². The molecule has 0 bridgehead atoms. The molecule has 1 aromatic rings. The molecule has 3 atom stereocenters. The minimum atomic E-state index is -0.373. The SMILES string of the molecule is COCCN1C(=O)C2CC(NC(=O)Nc3cccc(C(C)=O)c3)CCC2N(CCN2CCCCC2)C1=O. The highest BCUT2D eigenvalue weighted by Crippen LogP contribution is 2.35. The Hall–Kier alpha value is -2.98. The van der Waals surface area contributed by atoms with Crippen molar-refractivity contribution in [2.45, 2.75) is 57.5 Å². The summed E-state index contributed by atoms with van der Waals surface area (Å²) in [5, 5.41) is 5.79. The molecule has 1 aliphatic carbocycles. The summed E-state index contributed by atoms with van der Waals surface area (Å²) in [4.78, 5) is 56.7. The number of carbonyl (C=O) groups is 4. The molecule has 10 nitrogen and oxygen atoms in total. The Bertz CT molecular complexity index is 995. The van der Waals surface area contributed by atoms with Crippen molar-refractivity contribution in [2.24, 2.45) is 5.92 Å². The van der Waals surface area contributed by atoms with E-state index < -0.39 is 0 Å². The number of benzene rings is 1. The molecule has 3 fully saturated rings. The maximum Gasteiger partial charge on any atom is 0.327 e. The number of ether oxygens (including phenoxy) is 1. The van der Waals surface area contributed by atoms with E-state index in [-0.39, 0.29) is 54.9 Å². The van der Waals surface area contributed by atoms with Crippen LogP contribution in [-0.2, 0) is 9.53 Å². The highest BCUT2D eigenvalue weighted by atomic mass is 16.5. The van der Waals surface area contributed by atoms with Gasteiger partial charge in [0.1, 0.15) is 0 Å². The summed E-state index contributed by atoms with van der Waals surface area (Å²) in [6.45, 7) is 5.51. The molecular formula is C27H39N5O5. The van der Waals surface area contributed by atoms with E-state index in [1.807, 2.05) is 4.90 Å². The normalized spacial score (nSPS) is 24.5. The van der Waals surface area contributed by atoms with E-state index in [9.17, 15) is 19.2 Å². The molecule has 2 aliphatic heterocycles. The maximum absolute atomic E-state index is 13.4. The lowest BCUT2D eigenvalue weighted by atomic mass is 9.78. The van der Waals surface area contributed by atoms with Crippen LogP contribution in [0.1, 0.15) is 55.8 Å². The number of ketones is 1. The third-order valence-corrected chi connectivity index (χ3v) is 7.76. The maximum atomic E-state index is 13.4. The Kier molecular flexibility index (Phi) is 9.15. The number of hydrogen-bond donors (Lipinski definition) is 2. The first-order valence-electron chi connectivity index (χ1n) is 13.4. The van der Waals surface area contributed by atoms with Gasteiger partial charge in [0, 0.05) is 43.5 Å². The average Bonchev–Trinajstić information content (AvgIpc) is 2.89. The summed E-state index contributed by atoms with van der Waals surface area (Å²) in [5.41, 5.74) is 1.06. The number of nitrogens with one attached hydrogen (secondary N) is 2. The summed E-state index contributed by atoms with van der Waals surface area (Å²) in [7, 11) is 1.56. The van der Waals surface area contributed by atoms with Gasteiger partial charge in [0.15, 0.2) is 5.78 Å². The number of urea groups is 2. The fraction of sp³-hybridized carbons (Fsp3) is 0.630. The predicted octanol–water partition coefficient (Wildman–Crippen LogP) is 2.94. The highest BCUT2D eigenvalue weighted by Gasteiger charge is 2.48. The molecule has 10 heteroatoms. The van der Waals surface area contributed by atoms with Crippen molar-refractivity contribution in [3.8, 4) is 0 Å². The van der Waals surface area contributed by atoms with E-state index in [4.69, 9.17) is 4.74 Å². The summed E-state index contributed by atoms with van der Waals surface area (Å²) in [6.07, 6.45) is 5.44. The molecule has 37 heavy (non-hydrogen) atoms. The van der Waals surface area contributed by atoms with Crippen LogP contribution < -0.4 is 10.6 Å². The lowest BCUT2D eigenvalue weighted by Crippen LogP contribution is -2.65. The molecule has 2 saturated heterocycles. The Balaban J connectivity index is 1.41. The van der Waals surface area contributed by atoms with Crippen LogP contribution in [0.3, 0.4) is 0 Å². The smallest absolute Gasteiger partial charge is 0.327 e. The Labute approximate surface area is 218 Å². The van der Waals surface area contributed by atoms with Crippen LogP contribution >= 0.6 is 0 Å².